The van der Waals surface area contributed by atoms with Gasteiger partial charge in [-0.1, -0.05) is 32.9 Å². The predicted molar refractivity (Wildman–Crippen MR) is 82.0 cm³/mol. The molecule has 1 heterocycles. The van der Waals surface area contributed by atoms with E-state index in [1.54, 1.807) is 0 Å². The highest BCUT2D eigenvalue weighted by Crippen LogP contribution is 2.05. The Morgan fingerprint density at radius 2 is 2.11 bits per heavy atom. The average Bonchev–Trinajstić information content (AvgIpc) is 2.37. The zero-order chi connectivity index (χ0) is 14.1. The Morgan fingerprint density at radius 3 is 2.74 bits per heavy atom. The van der Waals surface area contributed by atoms with Gasteiger partial charge in [0.1, 0.15) is 0 Å². The van der Waals surface area contributed by atoms with Crippen LogP contribution in [0.15, 0.2) is 30.9 Å². The predicted octanol–water partition coefficient (Wildman–Crippen LogP) is 2.98. The topological polar surface area (TPSA) is 28.2 Å². The van der Waals surface area contributed by atoms with Crippen LogP contribution in [0.2, 0.25) is 0 Å². The van der Waals surface area contributed by atoms with Crippen LogP contribution < -0.4 is 5.32 Å². The minimum Gasteiger partial charge on any atom is -0.309 e. The normalized spacial score (nSPS) is 11.2. The van der Waals surface area contributed by atoms with E-state index in [2.05, 4.69) is 55.8 Å². The van der Waals surface area contributed by atoms with Gasteiger partial charge in [0.15, 0.2) is 0 Å². The Hall–Kier alpha value is -1.19. The van der Waals surface area contributed by atoms with Crippen LogP contribution in [-0.2, 0) is 13.1 Å². The first kappa shape index (κ1) is 15.9. The van der Waals surface area contributed by atoms with E-state index in [4.69, 9.17) is 4.98 Å². The summed E-state index contributed by atoms with van der Waals surface area (Å²) in [5.41, 5.74) is 2.25. The Balaban J connectivity index is 2.61. The Bertz CT molecular complexity index is 374. The third-order valence-corrected chi connectivity index (χ3v) is 2.87. The van der Waals surface area contributed by atoms with Crippen LogP contribution in [0.1, 0.15) is 38.6 Å². The lowest BCUT2D eigenvalue weighted by Gasteiger charge is -2.19. The van der Waals surface area contributed by atoms with Crippen LogP contribution in [0, 0.1) is 0 Å². The smallest absolute Gasteiger partial charge is 0.0547 e. The van der Waals surface area contributed by atoms with Crippen molar-refractivity contribution in [1.82, 2.24) is 15.2 Å². The van der Waals surface area contributed by atoms with E-state index in [9.17, 15) is 0 Å². The molecule has 1 aromatic heterocycles. The van der Waals surface area contributed by atoms with Crippen molar-refractivity contribution in [1.29, 1.82) is 0 Å². The zero-order valence-electron chi connectivity index (χ0n) is 12.5. The van der Waals surface area contributed by atoms with Crippen molar-refractivity contribution < 1.29 is 0 Å². The van der Waals surface area contributed by atoms with Gasteiger partial charge < -0.3 is 5.32 Å². The Morgan fingerprint density at radius 1 is 1.37 bits per heavy atom. The summed E-state index contributed by atoms with van der Waals surface area (Å²) in [6.45, 7) is 14.1. The molecule has 0 amide bonds. The molecule has 19 heavy (non-hydrogen) atoms. The van der Waals surface area contributed by atoms with Crippen molar-refractivity contribution in [3.05, 3.63) is 42.2 Å². The van der Waals surface area contributed by atoms with E-state index in [1.165, 1.54) is 0 Å². The van der Waals surface area contributed by atoms with Gasteiger partial charge in [-0.15, -0.1) is 6.58 Å². The van der Waals surface area contributed by atoms with Gasteiger partial charge in [-0.25, -0.2) is 0 Å². The molecule has 0 bridgehead atoms. The molecular weight excluding hydrogens is 234 g/mol. The molecule has 0 unspecified atom stereocenters. The van der Waals surface area contributed by atoms with Gasteiger partial charge >= 0.3 is 0 Å². The third-order valence-electron chi connectivity index (χ3n) is 2.87. The van der Waals surface area contributed by atoms with Crippen LogP contribution in [0.4, 0.5) is 0 Å². The molecule has 0 aliphatic carbocycles. The molecular formula is C16H27N3. The molecule has 1 aromatic rings. The highest BCUT2D eigenvalue weighted by Gasteiger charge is 2.05. The van der Waals surface area contributed by atoms with Crippen LogP contribution in [0.3, 0.4) is 0 Å². The number of aromatic nitrogens is 1. The van der Waals surface area contributed by atoms with Gasteiger partial charge in [0.25, 0.3) is 0 Å². The number of nitrogens with one attached hydrogen (secondary N) is 1. The summed E-state index contributed by atoms with van der Waals surface area (Å²) in [6.07, 6.45) is 3.11. The average molecular weight is 261 g/mol. The second-order valence-electron chi connectivity index (χ2n) is 5.18. The molecule has 1 N–H and O–H groups in total. The summed E-state index contributed by atoms with van der Waals surface area (Å²) in [6, 6.07) is 6.77. The lowest BCUT2D eigenvalue weighted by Crippen LogP contribution is -2.25. The van der Waals surface area contributed by atoms with Crippen LogP contribution >= 0.6 is 0 Å². The quantitative estimate of drug-likeness (QED) is 0.693. The van der Waals surface area contributed by atoms with E-state index >= 15 is 0 Å². The first-order valence-corrected chi connectivity index (χ1v) is 7.17. The molecule has 0 aromatic carbocycles. The fourth-order valence-electron chi connectivity index (χ4n) is 1.99. The summed E-state index contributed by atoms with van der Waals surface area (Å²) in [7, 11) is 0. The molecule has 0 fully saturated rings. The Labute approximate surface area is 117 Å². The maximum absolute atomic E-state index is 4.71. The molecule has 0 aliphatic rings. The lowest BCUT2D eigenvalue weighted by molar-refractivity contribution is 0.291. The minimum absolute atomic E-state index is 0.489. The standard InChI is InChI=1S/C16H27N3/c1-5-10-19(11-6-2)13-16-9-7-8-15(18-16)12-17-14(3)4/h5,7-9,14,17H,1,6,10-13H2,2-4H3. The Kier molecular flexibility index (Phi) is 7.38. The molecule has 0 atom stereocenters. The van der Waals surface area contributed by atoms with E-state index < -0.39 is 0 Å². The summed E-state index contributed by atoms with van der Waals surface area (Å²) < 4.78 is 0. The van der Waals surface area contributed by atoms with Gasteiger partial charge in [-0.2, -0.15) is 0 Å². The molecule has 3 nitrogen and oxygen atoms in total. The minimum atomic E-state index is 0.489. The van der Waals surface area contributed by atoms with Crippen molar-refractivity contribution in [2.45, 2.75) is 46.3 Å². The summed E-state index contributed by atoms with van der Waals surface area (Å²) >= 11 is 0. The van der Waals surface area contributed by atoms with Gasteiger partial charge in [-0.3, -0.25) is 9.88 Å². The summed E-state index contributed by atoms with van der Waals surface area (Å²) in [4.78, 5) is 7.08. The SMILES string of the molecule is C=CCN(CCC)Cc1cccc(CNC(C)C)n1. The first-order chi connectivity index (χ1) is 9.15. The van der Waals surface area contributed by atoms with E-state index in [0.717, 1.165) is 44.0 Å². The largest absolute Gasteiger partial charge is 0.309 e. The molecule has 0 aliphatic heterocycles. The van der Waals surface area contributed by atoms with Gasteiger partial charge in [-0.05, 0) is 25.1 Å². The van der Waals surface area contributed by atoms with Crippen LogP contribution in [0.5, 0.6) is 0 Å². The van der Waals surface area contributed by atoms with E-state index in [1.807, 2.05) is 6.08 Å². The fourth-order valence-corrected chi connectivity index (χ4v) is 1.99. The van der Waals surface area contributed by atoms with Crippen molar-refractivity contribution in [2.24, 2.45) is 0 Å². The van der Waals surface area contributed by atoms with Crippen LogP contribution in [0.25, 0.3) is 0 Å². The van der Waals surface area contributed by atoms with Gasteiger partial charge in [0, 0.05) is 25.7 Å². The molecule has 0 saturated carbocycles. The van der Waals surface area contributed by atoms with Gasteiger partial charge in [0.05, 0.1) is 11.4 Å². The maximum Gasteiger partial charge on any atom is 0.0547 e. The first-order valence-electron chi connectivity index (χ1n) is 7.17. The molecule has 0 radical (unpaired) electrons. The highest BCUT2D eigenvalue weighted by atomic mass is 15.1. The summed E-state index contributed by atoms with van der Waals surface area (Å²) in [5, 5.41) is 3.40. The lowest BCUT2D eigenvalue weighted by atomic mass is 10.2. The molecule has 3 heteroatoms. The van der Waals surface area contributed by atoms with Crippen molar-refractivity contribution in [3.8, 4) is 0 Å². The monoisotopic (exact) mass is 261 g/mol. The second-order valence-corrected chi connectivity index (χ2v) is 5.18. The number of pyridine rings is 1. The van der Waals surface area contributed by atoms with Crippen LogP contribution in [-0.4, -0.2) is 29.0 Å². The molecule has 0 saturated heterocycles. The van der Waals surface area contributed by atoms with E-state index in [0.29, 0.717) is 6.04 Å². The fraction of sp³-hybridized carbons (Fsp3) is 0.562. The highest BCUT2D eigenvalue weighted by molar-refractivity contribution is 5.11. The van der Waals surface area contributed by atoms with E-state index in [-0.39, 0.29) is 0 Å². The van der Waals surface area contributed by atoms with Crippen molar-refractivity contribution >= 4 is 0 Å². The third kappa shape index (κ3) is 6.50. The zero-order valence-corrected chi connectivity index (χ0v) is 12.5. The van der Waals surface area contributed by atoms with Crippen molar-refractivity contribution in [3.63, 3.8) is 0 Å². The second kappa shape index (κ2) is 8.83. The molecule has 1 rings (SSSR count). The number of hydrogen-bond acceptors (Lipinski definition) is 3. The van der Waals surface area contributed by atoms with Gasteiger partial charge in [0.2, 0.25) is 0 Å². The van der Waals surface area contributed by atoms with Crippen molar-refractivity contribution in [2.75, 3.05) is 13.1 Å². The number of hydrogen-bond donors (Lipinski definition) is 1. The maximum atomic E-state index is 4.71. The summed E-state index contributed by atoms with van der Waals surface area (Å²) in [5.74, 6) is 0. The number of nitrogens with zero attached hydrogens (tertiary/aromatic N) is 2. The number of rotatable bonds is 9. The molecule has 0 spiro atoms. The molecule has 106 valence electrons.